The van der Waals surface area contributed by atoms with E-state index in [9.17, 15) is 4.39 Å². The predicted molar refractivity (Wildman–Crippen MR) is 81.0 cm³/mol. The third-order valence-electron chi connectivity index (χ3n) is 3.42. The second-order valence-electron chi connectivity index (χ2n) is 5.46. The molecule has 0 saturated heterocycles. The summed E-state index contributed by atoms with van der Waals surface area (Å²) in [7, 11) is 0. The molecule has 2 N–H and O–H groups in total. The van der Waals surface area contributed by atoms with Gasteiger partial charge in [0.1, 0.15) is 5.82 Å². The van der Waals surface area contributed by atoms with E-state index in [1.807, 2.05) is 13.0 Å². The van der Waals surface area contributed by atoms with Gasteiger partial charge >= 0.3 is 0 Å². The minimum Gasteiger partial charge on any atom is -0.366 e. The zero-order valence-corrected chi connectivity index (χ0v) is 12.6. The van der Waals surface area contributed by atoms with Crippen molar-refractivity contribution in [2.75, 3.05) is 11.4 Å². The quantitative estimate of drug-likeness (QED) is 0.747. The van der Waals surface area contributed by atoms with E-state index in [4.69, 9.17) is 5.73 Å². The van der Waals surface area contributed by atoms with Gasteiger partial charge < -0.3 is 10.6 Å². The molecule has 0 aliphatic carbocycles. The first-order valence-corrected chi connectivity index (χ1v) is 7.29. The maximum Gasteiger partial charge on any atom is 0.146 e. The van der Waals surface area contributed by atoms with Crippen molar-refractivity contribution in [3.05, 3.63) is 29.6 Å². The molecule has 1 aromatic carbocycles. The van der Waals surface area contributed by atoms with E-state index < -0.39 is 0 Å². The van der Waals surface area contributed by atoms with E-state index in [2.05, 4.69) is 25.7 Å². The Hall–Kier alpha value is -1.09. The number of nitrogens with zero attached hydrogens (tertiary/aromatic N) is 1. The van der Waals surface area contributed by atoms with Crippen molar-refractivity contribution in [1.82, 2.24) is 0 Å². The van der Waals surface area contributed by atoms with Crippen LogP contribution in [-0.2, 0) is 0 Å². The monoisotopic (exact) mass is 266 g/mol. The molecular weight excluding hydrogens is 239 g/mol. The van der Waals surface area contributed by atoms with E-state index in [-0.39, 0.29) is 17.9 Å². The van der Waals surface area contributed by atoms with Gasteiger partial charge in [-0.2, -0.15) is 0 Å². The average Bonchev–Trinajstić information content (AvgIpc) is 2.34. The average molecular weight is 266 g/mol. The molecule has 3 heteroatoms. The largest absolute Gasteiger partial charge is 0.366 e. The SMILES string of the molecule is CCCCCN(c1c(F)cccc1[C@H](C)N)C(C)C. The van der Waals surface area contributed by atoms with Crippen molar-refractivity contribution in [3.63, 3.8) is 0 Å². The first-order chi connectivity index (χ1) is 8.99. The third-order valence-corrected chi connectivity index (χ3v) is 3.42. The number of halogens is 1. The summed E-state index contributed by atoms with van der Waals surface area (Å²) in [5.41, 5.74) is 7.56. The van der Waals surface area contributed by atoms with Crippen LogP contribution in [0.5, 0.6) is 0 Å². The standard InChI is InChI=1S/C16H27FN2/c1-5-6-7-11-19(12(2)3)16-14(13(4)18)9-8-10-15(16)17/h8-10,12-13H,5-7,11,18H2,1-4H3/t13-/m0/s1. The summed E-state index contributed by atoms with van der Waals surface area (Å²) in [6.07, 6.45) is 3.43. The fourth-order valence-corrected chi connectivity index (χ4v) is 2.36. The minimum atomic E-state index is -0.167. The van der Waals surface area contributed by atoms with Crippen LogP contribution in [0.2, 0.25) is 0 Å². The Bertz CT molecular complexity index is 388. The Labute approximate surface area is 116 Å². The molecule has 0 bridgehead atoms. The fourth-order valence-electron chi connectivity index (χ4n) is 2.36. The van der Waals surface area contributed by atoms with Crippen molar-refractivity contribution in [2.24, 2.45) is 5.73 Å². The number of anilines is 1. The smallest absolute Gasteiger partial charge is 0.146 e. The van der Waals surface area contributed by atoms with Gasteiger partial charge in [0, 0.05) is 18.6 Å². The van der Waals surface area contributed by atoms with Crippen molar-refractivity contribution in [2.45, 2.75) is 59.0 Å². The van der Waals surface area contributed by atoms with Gasteiger partial charge in [-0.1, -0.05) is 31.9 Å². The predicted octanol–water partition coefficient (Wildman–Crippen LogP) is 4.25. The molecule has 0 aliphatic heterocycles. The molecule has 0 saturated carbocycles. The van der Waals surface area contributed by atoms with E-state index in [0.29, 0.717) is 5.69 Å². The number of hydrogen-bond acceptors (Lipinski definition) is 2. The second-order valence-corrected chi connectivity index (χ2v) is 5.46. The molecule has 0 radical (unpaired) electrons. The van der Waals surface area contributed by atoms with Crippen LogP contribution < -0.4 is 10.6 Å². The minimum absolute atomic E-state index is 0.155. The fraction of sp³-hybridized carbons (Fsp3) is 0.625. The van der Waals surface area contributed by atoms with Gasteiger partial charge in [0.15, 0.2) is 0 Å². The van der Waals surface area contributed by atoms with E-state index >= 15 is 0 Å². The molecule has 0 unspecified atom stereocenters. The topological polar surface area (TPSA) is 29.3 Å². The van der Waals surface area contributed by atoms with Crippen LogP contribution >= 0.6 is 0 Å². The number of nitrogens with two attached hydrogens (primary N) is 1. The summed E-state index contributed by atoms with van der Waals surface area (Å²) in [6, 6.07) is 5.31. The van der Waals surface area contributed by atoms with Gasteiger partial charge in [-0.25, -0.2) is 4.39 Å². The number of hydrogen-bond donors (Lipinski definition) is 1. The normalized spacial score (nSPS) is 12.8. The Balaban J connectivity index is 3.07. The van der Waals surface area contributed by atoms with Crippen LogP contribution in [0.3, 0.4) is 0 Å². The zero-order chi connectivity index (χ0) is 14.4. The zero-order valence-electron chi connectivity index (χ0n) is 12.6. The van der Waals surface area contributed by atoms with Crippen LogP contribution in [0, 0.1) is 5.82 Å². The van der Waals surface area contributed by atoms with Crippen molar-refractivity contribution in [1.29, 1.82) is 0 Å². The molecule has 0 aliphatic rings. The lowest BCUT2D eigenvalue weighted by molar-refractivity contribution is 0.577. The van der Waals surface area contributed by atoms with Crippen LogP contribution in [-0.4, -0.2) is 12.6 Å². The summed E-state index contributed by atoms with van der Waals surface area (Å²) >= 11 is 0. The Morgan fingerprint density at radius 3 is 2.42 bits per heavy atom. The van der Waals surface area contributed by atoms with Crippen LogP contribution in [0.15, 0.2) is 18.2 Å². The molecule has 0 spiro atoms. The molecular formula is C16H27FN2. The Morgan fingerprint density at radius 1 is 1.21 bits per heavy atom. The lowest BCUT2D eigenvalue weighted by Crippen LogP contribution is -2.34. The number of rotatable bonds is 7. The molecule has 0 aromatic heterocycles. The van der Waals surface area contributed by atoms with Gasteiger partial charge in [-0.15, -0.1) is 0 Å². The molecule has 1 rings (SSSR count). The summed E-state index contributed by atoms with van der Waals surface area (Å²) in [5, 5.41) is 0. The van der Waals surface area contributed by atoms with Crippen molar-refractivity contribution >= 4 is 5.69 Å². The molecule has 0 fully saturated rings. The molecule has 1 atom stereocenters. The van der Waals surface area contributed by atoms with Gasteiger partial charge in [-0.3, -0.25) is 0 Å². The maximum absolute atomic E-state index is 14.2. The molecule has 108 valence electrons. The van der Waals surface area contributed by atoms with Crippen LogP contribution in [0.25, 0.3) is 0 Å². The van der Waals surface area contributed by atoms with Gasteiger partial charge in [0.05, 0.1) is 5.69 Å². The second kappa shape index (κ2) is 7.49. The van der Waals surface area contributed by atoms with E-state index in [0.717, 1.165) is 18.5 Å². The van der Waals surface area contributed by atoms with Crippen molar-refractivity contribution < 1.29 is 4.39 Å². The Morgan fingerprint density at radius 2 is 1.89 bits per heavy atom. The summed E-state index contributed by atoms with van der Waals surface area (Å²) in [5.74, 6) is -0.167. The van der Waals surface area contributed by atoms with Crippen LogP contribution in [0.4, 0.5) is 10.1 Å². The lowest BCUT2D eigenvalue weighted by atomic mass is 10.0. The first-order valence-electron chi connectivity index (χ1n) is 7.29. The van der Waals surface area contributed by atoms with Crippen LogP contribution in [0.1, 0.15) is 58.6 Å². The third kappa shape index (κ3) is 4.20. The highest BCUT2D eigenvalue weighted by Crippen LogP contribution is 2.30. The molecule has 0 heterocycles. The first kappa shape index (κ1) is 16.0. The number of para-hydroxylation sites is 1. The summed E-state index contributed by atoms with van der Waals surface area (Å²) in [6.45, 7) is 9.16. The van der Waals surface area contributed by atoms with Crippen molar-refractivity contribution in [3.8, 4) is 0 Å². The summed E-state index contributed by atoms with van der Waals surface area (Å²) in [4.78, 5) is 2.14. The lowest BCUT2D eigenvalue weighted by Gasteiger charge is -2.32. The number of unbranched alkanes of at least 4 members (excludes halogenated alkanes) is 2. The summed E-state index contributed by atoms with van der Waals surface area (Å²) < 4.78 is 14.2. The molecule has 0 amide bonds. The van der Waals surface area contributed by atoms with Gasteiger partial charge in [0.25, 0.3) is 0 Å². The van der Waals surface area contributed by atoms with Gasteiger partial charge in [-0.05, 0) is 38.8 Å². The van der Waals surface area contributed by atoms with Gasteiger partial charge in [0.2, 0.25) is 0 Å². The van der Waals surface area contributed by atoms with E-state index in [1.54, 1.807) is 6.07 Å². The Kier molecular flexibility index (Phi) is 6.29. The molecule has 1 aromatic rings. The highest BCUT2D eigenvalue weighted by molar-refractivity contribution is 5.56. The molecule has 2 nitrogen and oxygen atoms in total. The maximum atomic E-state index is 14.2. The highest BCUT2D eigenvalue weighted by Gasteiger charge is 2.19. The number of benzene rings is 1. The highest BCUT2D eigenvalue weighted by atomic mass is 19.1. The molecule has 19 heavy (non-hydrogen) atoms. The van der Waals surface area contributed by atoms with E-state index in [1.165, 1.54) is 18.9 Å².